The Hall–Kier alpha value is -3.40. The summed E-state index contributed by atoms with van der Waals surface area (Å²) in [4.78, 5) is 24.9. The fourth-order valence-corrected chi connectivity index (χ4v) is 3.03. The van der Waals surface area contributed by atoms with Crippen LogP contribution in [0.3, 0.4) is 0 Å². The lowest BCUT2D eigenvalue weighted by molar-refractivity contribution is 0.0756. The number of nitrogens with zero attached hydrogens (tertiary/aromatic N) is 2. The van der Waals surface area contributed by atoms with E-state index in [1.807, 2.05) is 0 Å². The summed E-state index contributed by atoms with van der Waals surface area (Å²) in [7, 11) is 0. The summed E-state index contributed by atoms with van der Waals surface area (Å²) in [5, 5.41) is 17.9. The van der Waals surface area contributed by atoms with E-state index < -0.39 is 80.6 Å². The number of benzene rings is 1. The van der Waals surface area contributed by atoms with Crippen molar-refractivity contribution in [2.24, 2.45) is 11.8 Å². The molecule has 2 unspecified atom stereocenters. The molecule has 0 radical (unpaired) electrons. The molecule has 0 heterocycles. The molecule has 10 heteroatoms. The predicted octanol–water partition coefficient (Wildman–Crippen LogP) is 3.50. The van der Waals surface area contributed by atoms with Crippen LogP contribution in [0.15, 0.2) is 23.1 Å². The Bertz CT molecular complexity index is 1070. The van der Waals surface area contributed by atoms with Gasteiger partial charge >= 0.3 is 0 Å². The number of carbonyl (C=O) groups is 2. The van der Waals surface area contributed by atoms with Gasteiger partial charge in [-0.1, -0.05) is 0 Å². The Morgan fingerprint density at radius 3 is 1.81 bits per heavy atom. The van der Waals surface area contributed by atoms with E-state index in [1.165, 1.54) is 0 Å². The molecule has 0 bridgehead atoms. The maximum atomic E-state index is 14.1. The SMILES string of the molecule is N#CC1=C(F)C(F)=C(F)C2C(=O)c3c(F)c(F)c(F)c(C#N)c3C(=O)C12. The topological polar surface area (TPSA) is 81.7 Å². The van der Waals surface area contributed by atoms with Crippen molar-refractivity contribution in [2.75, 3.05) is 0 Å². The monoisotopic (exact) mass is 368 g/mol. The number of carbonyl (C=O) groups excluding carboxylic acids is 2. The molecule has 26 heavy (non-hydrogen) atoms. The number of hydrogen-bond donors (Lipinski definition) is 0. The molecule has 0 saturated heterocycles. The molecule has 0 N–H and O–H groups in total. The Labute approximate surface area is 140 Å². The average Bonchev–Trinajstić information content (AvgIpc) is 2.61. The molecule has 1 aromatic carbocycles. The quantitative estimate of drug-likeness (QED) is 0.518. The van der Waals surface area contributed by atoms with Crippen molar-refractivity contribution >= 4 is 11.6 Å². The van der Waals surface area contributed by atoms with E-state index >= 15 is 0 Å². The zero-order valence-corrected chi connectivity index (χ0v) is 12.1. The summed E-state index contributed by atoms with van der Waals surface area (Å²) in [5.41, 5.74) is -5.32. The highest BCUT2D eigenvalue weighted by molar-refractivity contribution is 6.19. The van der Waals surface area contributed by atoms with Gasteiger partial charge in [0.25, 0.3) is 0 Å². The van der Waals surface area contributed by atoms with Gasteiger partial charge in [-0.2, -0.15) is 10.5 Å². The number of Topliss-reactive ketones (excluding diaryl/α,β-unsaturated/α-hetero) is 2. The van der Waals surface area contributed by atoms with Crippen LogP contribution in [0, 0.1) is 51.9 Å². The van der Waals surface area contributed by atoms with Crippen LogP contribution in [-0.4, -0.2) is 11.6 Å². The van der Waals surface area contributed by atoms with E-state index in [4.69, 9.17) is 10.5 Å². The Kier molecular flexibility index (Phi) is 3.73. The summed E-state index contributed by atoms with van der Waals surface area (Å²) in [6, 6.07) is 2.18. The fourth-order valence-electron chi connectivity index (χ4n) is 3.03. The summed E-state index contributed by atoms with van der Waals surface area (Å²) in [5.74, 6) is -20.9. The van der Waals surface area contributed by atoms with Gasteiger partial charge in [-0.15, -0.1) is 0 Å². The smallest absolute Gasteiger partial charge is 0.196 e. The first-order valence-electron chi connectivity index (χ1n) is 6.73. The molecule has 130 valence electrons. The highest BCUT2D eigenvalue weighted by Crippen LogP contribution is 2.48. The Morgan fingerprint density at radius 2 is 1.27 bits per heavy atom. The van der Waals surface area contributed by atoms with E-state index in [9.17, 15) is 35.9 Å². The summed E-state index contributed by atoms with van der Waals surface area (Å²) < 4.78 is 82.9. The lowest BCUT2D eigenvalue weighted by atomic mass is 9.67. The normalized spacial score (nSPS) is 22.0. The van der Waals surface area contributed by atoms with Crippen LogP contribution < -0.4 is 0 Å². The largest absolute Gasteiger partial charge is 0.293 e. The second kappa shape index (κ2) is 5.56. The van der Waals surface area contributed by atoms with Crippen LogP contribution in [-0.2, 0) is 0 Å². The van der Waals surface area contributed by atoms with Gasteiger partial charge in [-0.25, -0.2) is 26.3 Å². The number of nitriles is 2. The summed E-state index contributed by atoms with van der Waals surface area (Å²) in [6.45, 7) is 0. The average molecular weight is 368 g/mol. The number of hydrogen-bond acceptors (Lipinski definition) is 4. The molecule has 0 amide bonds. The molecule has 2 atom stereocenters. The molecule has 4 nitrogen and oxygen atoms in total. The molecule has 0 aromatic heterocycles. The van der Waals surface area contributed by atoms with Gasteiger partial charge in [0.05, 0.1) is 34.6 Å². The van der Waals surface area contributed by atoms with Gasteiger partial charge in [0.1, 0.15) is 11.6 Å². The van der Waals surface area contributed by atoms with Crippen LogP contribution >= 0.6 is 0 Å². The second-order valence-corrected chi connectivity index (χ2v) is 5.36. The zero-order valence-electron chi connectivity index (χ0n) is 12.1. The second-order valence-electron chi connectivity index (χ2n) is 5.36. The lowest BCUT2D eigenvalue weighted by Gasteiger charge is -2.32. The van der Waals surface area contributed by atoms with Crippen molar-refractivity contribution in [3.63, 3.8) is 0 Å². The predicted molar refractivity (Wildman–Crippen MR) is 69.7 cm³/mol. The molecule has 2 aliphatic rings. The molecule has 0 spiro atoms. The molecular formula is C16H2F6N2O2. The third kappa shape index (κ3) is 1.90. The standard InChI is InChI=1S/C16H2F6N2O2/c17-9-3(1-23)5-7(11(19)13(9)21)16(26)8-6(15(5)25)4(2-24)10(18)14(22)12(8)20/h5,7H. The van der Waals surface area contributed by atoms with E-state index in [1.54, 1.807) is 0 Å². The van der Waals surface area contributed by atoms with Crippen molar-refractivity contribution < 1.29 is 35.9 Å². The van der Waals surface area contributed by atoms with E-state index in [2.05, 4.69) is 0 Å². The van der Waals surface area contributed by atoms with Crippen LogP contribution in [0.1, 0.15) is 26.3 Å². The van der Waals surface area contributed by atoms with Gasteiger partial charge in [0, 0.05) is 0 Å². The van der Waals surface area contributed by atoms with Crippen molar-refractivity contribution in [1.82, 2.24) is 0 Å². The first-order valence-corrected chi connectivity index (χ1v) is 6.73. The molecule has 2 aliphatic carbocycles. The maximum Gasteiger partial charge on any atom is 0.196 e. The van der Waals surface area contributed by atoms with E-state index in [0.717, 1.165) is 12.1 Å². The van der Waals surface area contributed by atoms with Crippen LogP contribution in [0.5, 0.6) is 0 Å². The fraction of sp³-hybridized carbons (Fsp3) is 0.125. The minimum atomic E-state index is -2.46. The summed E-state index contributed by atoms with van der Waals surface area (Å²) >= 11 is 0. The lowest BCUT2D eigenvalue weighted by Crippen LogP contribution is -2.42. The molecule has 0 saturated carbocycles. The Morgan fingerprint density at radius 1 is 0.692 bits per heavy atom. The van der Waals surface area contributed by atoms with Gasteiger partial charge in [-0.3, -0.25) is 9.59 Å². The van der Waals surface area contributed by atoms with Crippen molar-refractivity contribution in [3.8, 4) is 12.1 Å². The van der Waals surface area contributed by atoms with E-state index in [0.29, 0.717) is 0 Å². The first-order chi connectivity index (χ1) is 12.2. The van der Waals surface area contributed by atoms with Crippen LogP contribution in [0.25, 0.3) is 0 Å². The summed E-state index contributed by atoms with van der Waals surface area (Å²) in [6.07, 6.45) is 0. The highest BCUT2D eigenvalue weighted by Gasteiger charge is 2.53. The van der Waals surface area contributed by atoms with Gasteiger partial charge in [0.15, 0.2) is 46.5 Å². The highest BCUT2D eigenvalue weighted by atomic mass is 19.2. The van der Waals surface area contributed by atoms with Crippen molar-refractivity contribution in [2.45, 2.75) is 0 Å². The van der Waals surface area contributed by atoms with Gasteiger partial charge in [0.2, 0.25) is 0 Å². The Balaban J connectivity index is 2.47. The van der Waals surface area contributed by atoms with Crippen molar-refractivity contribution in [3.05, 3.63) is 57.2 Å². The first kappa shape index (κ1) is 17.4. The minimum Gasteiger partial charge on any atom is -0.293 e. The van der Waals surface area contributed by atoms with E-state index in [-0.39, 0.29) is 0 Å². The number of halogens is 6. The minimum absolute atomic E-state index is 1.07. The molecule has 1 aromatic rings. The maximum absolute atomic E-state index is 14.1. The van der Waals surface area contributed by atoms with Crippen LogP contribution in [0.2, 0.25) is 0 Å². The van der Waals surface area contributed by atoms with Gasteiger partial charge in [-0.05, 0) is 0 Å². The third-order valence-electron chi connectivity index (χ3n) is 4.17. The van der Waals surface area contributed by atoms with Gasteiger partial charge < -0.3 is 0 Å². The number of allylic oxidation sites excluding steroid dienone is 4. The molecule has 3 rings (SSSR count). The molecule has 0 fully saturated rings. The third-order valence-corrected chi connectivity index (χ3v) is 4.17. The number of fused-ring (bicyclic) bond motifs is 2. The van der Waals surface area contributed by atoms with Crippen molar-refractivity contribution in [1.29, 1.82) is 10.5 Å². The number of rotatable bonds is 0. The number of ketones is 2. The zero-order chi connectivity index (χ0) is 19.5. The van der Waals surface area contributed by atoms with Crippen LogP contribution in [0.4, 0.5) is 26.3 Å². The molecule has 0 aliphatic heterocycles. The molecular weight excluding hydrogens is 366 g/mol.